The van der Waals surface area contributed by atoms with Crippen molar-refractivity contribution in [3.8, 4) is 11.5 Å². The van der Waals surface area contributed by atoms with E-state index >= 15 is 0 Å². The number of carbonyl (C=O) groups excluding carboxylic acids is 1. The first-order valence-corrected chi connectivity index (χ1v) is 9.26. The van der Waals surface area contributed by atoms with Crippen molar-refractivity contribution in [2.24, 2.45) is 5.10 Å². The highest BCUT2D eigenvalue weighted by Crippen LogP contribution is 2.27. The molecular weight excluding hydrogens is 392 g/mol. The first kappa shape index (κ1) is 21.1. The molecule has 0 atom stereocenters. The second-order valence-corrected chi connectivity index (χ2v) is 6.37. The Labute approximate surface area is 173 Å². The van der Waals surface area contributed by atoms with Gasteiger partial charge in [0.2, 0.25) is 0 Å². The van der Waals surface area contributed by atoms with Gasteiger partial charge in [0.1, 0.15) is 0 Å². The Balaban J connectivity index is 1.57. The summed E-state index contributed by atoms with van der Waals surface area (Å²) in [5.41, 5.74) is 4.17. The summed E-state index contributed by atoms with van der Waals surface area (Å²) in [5, 5.41) is 14.8. The molecular formula is C20H22N4O6. The molecule has 1 amide bonds. The van der Waals surface area contributed by atoms with Crippen molar-refractivity contribution in [1.82, 2.24) is 4.90 Å². The van der Waals surface area contributed by atoms with Gasteiger partial charge in [0.25, 0.3) is 11.6 Å². The van der Waals surface area contributed by atoms with E-state index in [1.165, 1.54) is 19.2 Å². The van der Waals surface area contributed by atoms with Gasteiger partial charge in [0.15, 0.2) is 18.1 Å². The van der Waals surface area contributed by atoms with E-state index in [0.29, 0.717) is 43.5 Å². The molecule has 0 radical (unpaired) electrons. The number of nitro benzene ring substituents is 1. The van der Waals surface area contributed by atoms with Crippen LogP contribution < -0.4 is 14.9 Å². The fourth-order valence-electron chi connectivity index (χ4n) is 2.77. The molecule has 158 valence electrons. The maximum absolute atomic E-state index is 12.2. The standard InChI is InChI=1S/C20H22N4O6/c1-28-19-12-15(13-21-22-16-3-5-17(6-4-16)24(26)27)2-7-18(19)30-14-20(25)23-8-10-29-11-9-23/h2-7,12-13,22H,8-11,14H2,1H3/b21-13+. The molecule has 1 saturated heterocycles. The number of non-ortho nitro benzene ring substituents is 1. The zero-order chi connectivity index (χ0) is 21.3. The largest absolute Gasteiger partial charge is 0.493 e. The Morgan fingerprint density at radius 1 is 1.23 bits per heavy atom. The predicted octanol–water partition coefficient (Wildman–Crippen LogP) is 2.29. The number of nitrogens with zero attached hydrogens (tertiary/aromatic N) is 3. The number of nitrogens with one attached hydrogen (secondary N) is 1. The molecule has 2 aromatic rings. The minimum atomic E-state index is -0.461. The van der Waals surface area contributed by atoms with Crippen LogP contribution in [0.1, 0.15) is 5.56 Å². The Morgan fingerprint density at radius 2 is 1.97 bits per heavy atom. The fraction of sp³-hybridized carbons (Fsp3) is 0.300. The van der Waals surface area contributed by atoms with Crippen LogP contribution in [0, 0.1) is 10.1 Å². The van der Waals surface area contributed by atoms with Gasteiger partial charge in [-0.15, -0.1) is 0 Å². The van der Waals surface area contributed by atoms with Gasteiger partial charge in [-0.05, 0) is 35.9 Å². The van der Waals surface area contributed by atoms with Crippen LogP contribution in [0.4, 0.5) is 11.4 Å². The number of morpholine rings is 1. The lowest BCUT2D eigenvalue weighted by Crippen LogP contribution is -2.43. The first-order valence-electron chi connectivity index (χ1n) is 9.26. The van der Waals surface area contributed by atoms with Crippen molar-refractivity contribution >= 4 is 23.5 Å². The Hall–Kier alpha value is -3.66. The minimum absolute atomic E-state index is 0.0111. The number of nitro groups is 1. The van der Waals surface area contributed by atoms with Gasteiger partial charge in [-0.3, -0.25) is 20.3 Å². The quantitative estimate of drug-likeness (QED) is 0.400. The topological polar surface area (TPSA) is 116 Å². The Kier molecular flexibility index (Phi) is 7.17. The minimum Gasteiger partial charge on any atom is -0.493 e. The van der Waals surface area contributed by atoms with Gasteiger partial charge in [-0.25, -0.2) is 0 Å². The Morgan fingerprint density at radius 3 is 2.63 bits per heavy atom. The molecule has 2 aromatic carbocycles. The molecule has 10 nitrogen and oxygen atoms in total. The second-order valence-electron chi connectivity index (χ2n) is 6.37. The summed E-state index contributed by atoms with van der Waals surface area (Å²) >= 11 is 0. The molecule has 3 rings (SSSR count). The summed E-state index contributed by atoms with van der Waals surface area (Å²) in [5.74, 6) is 0.835. The number of rotatable bonds is 8. The lowest BCUT2D eigenvalue weighted by Gasteiger charge is -2.26. The summed E-state index contributed by atoms with van der Waals surface area (Å²) in [7, 11) is 1.52. The van der Waals surface area contributed by atoms with E-state index in [1.807, 2.05) is 0 Å². The normalized spacial score (nSPS) is 13.8. The monoisotopic (exact) mass is 414 g/mol. The van der Waals surface area contributed by atoms with Crippen molar-refractivity contribution in [2.75, 3.05) is 45.4 Å². The van der Waals surface area contributed by atoms with Crippen LogP contribution >= 0.6 is 0 Å². The van der Waals surface area contributed by atoms with Crippen molar-refractivity contribution in [3.05, 3.63) is 58.1 Å². The van der Waals surface area contributed by atoms with Gasteiger partial charge in [-0.2, -0.15) is 5.10 Å². The van der Waals surface area contributed by atoms with Crippen LogP contribution in [0.3, 0.4) is 0 Å². The molecule has 0 spiro atoms. The molecule has 1 aliphatic rings. The summed E-state index contributed by atoms with van der Waals surface area (Å²) in [6.45, 7) is 2.13. The summed E-state index contributed by atoms with van der Waals surface area (Å²) < 4.78 is 16.2. The number of ether oxygens (including phenoxy) is 3. The molecule has 0 aromatic heterocycles. The highest BCUT2D eigenvalue weighted by molar-refractivity contribution is 5.82. The SMILES string of the molecule is COc1cc(/C=N/Nc2ccc([N+](=O)[O-])cc2)ccc1OCC(=O)N1CCOCC1. The first-order chi connectivity index (χ1) is 14.6. The lowest BCUT2D eigenvalue weighted by molar-refractivity contribution is -0.384. The van der Waals surface area contributed by atoms with Gasteiger partial charge in [-0.1, -0.05) is 0 Å². The van der Waals surface area contributed by atoms with Gasteiger partial charge in [0.05, 0.1) is 37.1 Å². The zero-order valence-electron chi connectivity index (χ0n) is 16.4. The summed E-state index contributed by atoms with van der Waals surface area (Å²) in [4.78, 5) is 24.1. The highest BCUT2D eigenvalue weighted by Gasteiger charge is 2.18. The highest BCUT2D eigenvalue weighted by atomic mass is 16.6. The average Bonchev–Trinajstić information content (AvgIpc) is 2.78. The fourth-order valence-corrected chi connectivity index (χ4v) is 2.77. The van der Waals surface area contributed by atoms with Crippen molar-refractivity contribution < 1.29 is 23.9 Å². The van der Waals surface area contributed by atoms with Crippen molar-refractivity contribution in [2.45, 2.75) is 0 Å². The van der Waals surface area contributed by atoms with Crippen LogP contribution in [-0.4, -0.2) is 62.0 Å². The van der Waals surface area contributed by atoms with E-state index in [1.54, 1.807) is 41.4 Å². The molecule has 1 aliphatic heterocycles. The van der Waals surface area contributed by atoms with E-state index < -0.39 is 4.92 Å². The number of hydrogen-bond acceptors (Lipinski definition) is 8. The number of benzene rings is 2. The summed E-state index contributed by atoms with van der Waals surface area (Å²) in [6.07, 6.45) is 1.58. The third-order valence-electron chi connectivity index (χ3n) is 4.39. The molecule has 0 saturated carbocycles. The van der Waals surface area contributed by atoms with Gasteiger partial charge < -0.3 is 19.1 Å². The number of anilines is 1. The number of carbonyl (C=O) groups is 1. The number of amides is 1. The average molecular weight is 414 g/mol. The molecule has 0 unspecified atom stereocenters. The van der Waals surface area contributed by atoms with E-state index in [-0.39, 0.29) is 18.2 Å². The molecule has 1 fully saturated rings. The number of hydrazone groups is 1. The van der Waals surface area contributed by atoms with E-state index in [0.717, 1.165) is 5.56 Å². The molecule has 1 heterocycles. The zero-order valence-corrected chi connectivity index (χ0v) is 16.4. The molecule has 1 N–H and O–H groups in total. The third-order valence-corrected chi connectivity index (χ3v) is 4.39. The van der Waals surface area contributed by atoms with Gasteiger partial charge in [0, 0.05) is 25.2 Å². The molecule has 0 aliphatic carbocycles. The van der Waals surface area contributed by atoms with Crippen molar-refractivity contribution in [1.29, 1.82) is 0 Å². The lowest BCUT2D eigenvalue weighted by atomic mass is 10.2. The summed E-state index contributed by atoms with van der Waals surface area (Å²) in [6, 6.07) is 11.1. The Bertz CT molecular complexity index is 910. The van der Waals surface area contributed by atoms with Crippen LogP contribution in [-0.2, 0) is 9.53 Å². The van der Waals surface area contributed by atoms with Crippen LogP contribution in [0.15, 0.2) is 47.6 Å². The van der Waals surface area contributed by atoms with Crippen LogP contribution in [0.25, 0.3) is 0 Å². The van der Waals surface area contributed by atoms with E-state index in [4.69, 9.17) is 14.2 Å². The molecule has 30 heavy (non-hydrogen) atoms. The van der Waals surface area contributed by atoms with E-state index in [2.05, 4.69) is 10.5 Å². The predicted molar refractivity (Wildman–Crippen MR) is 110 cm³/mol. The third kappa shape index (κ3) is 5.67. The second kappa shape index (κ2) is 10.2. The smallest absolute Gasteiger partial charge is 0.269 e. The maximum Gasteiger partial charge on any atom is 0.269 e. The van der Waals surface area contributed by atoms with Crippen molar-refractivity contribution in [3.63, 3.8) is 0 Å². The van der Waals surface area contributed by atoms with Crippen LogP contribution in [0.5, 0.6) is 11.5 Å². The molecule has 10 heteroatoms. The maximum atomic E-state index is 12.2. The molecule has 0 bridgehead atoms. The van der Waals surface area contributed by atoms with E-state index in [9.17, 15) is 14.9 Å². The van der Waals surface area contributed by atoms with Gasteiger partial charge >= 0.3 is 0 Å². The van der Waals surface area contributed by atoms with Crippen LogP contribution in [0.2, 0.25) is 0 Å². The number of hydrogen-bond donors (Lipinski definition) is 1. The number of methoxy groups -OCH3 is 1.